The summed E-state index contributed by atoms with van der Waals surface area (Å²) in [5.74, 6) is 0.809. The Morgan fingerprint density at radius 3 is 2.67 bits per heavy atom. The van der Waals surface area contributed by atoms with Gasteiger partial charge in [0.15, 0.2) is 5.82 Å². The third kappa shape index (κ3) is 4.03. The van der Waals surface area contributed by atoms with Gasteiger partial charge in [0.2, 0.25) is 0 Å². The summed E-state index contributed by atoms with van der Waals surface area (Å²) in [6.07, 6.45) is 4.94. The van der Waals surface area contributed by atoms with Crippen molar-refractivity contribution >= 4 is 0 Å². The number of nitrogens with one attached hydrogen (secondary N) is 1. The molecule has 0 radical (unpaired) electrons. The molecule has 0 fully saturated rings. The van der Waals surface area contributed by atoms with Crippen LogP contribution in [0.3, 0.4) is 0 Å². The molecular formula is C14H25N3O. The van der Waals surface area contributed by atoms with Crippen LogP contribution < -0.4 is 5.32 Å². The molecule has 1 unspecified atom stereocenters. The van der Waals surface area contributed by atoms with E-state index in [1.54, 1.807) is 7.11 Å². The predicted octanol–water partition coefficient (Wildman–Crippen LogP) is 2.64. The summed E-state index contributed by atoms with van der Waals surface area (Å²) < 4.78 is 5.40. The first-order valence-corrected chi connectivity index (χ1v) is 6.84. The van der Waals surface area contributed by atoms with E-state index in [1.165, 1.54) is 5.56 Å². The van der Waals surface area contributed by atoms with Crippen molar-refractivity contribution in [3.63, 3.8) is 0 Å². The zero-order valence-corrected chi connectivity index (χ0v) is 12.0. The summed E-state index contributed by atoms with van der Waals surface area (Å²) in [5, 5.41) is 3.33. The molecule has 0 amide bonds. The highest BCUT2D eigenvalue weighted by atomic mass is 16.5. The number of aromatic nitrogens is 2. The largest absolute Gasteiger partial charge is 0.373 e. The van der Waals surface area contributed by atoms with Crippen molar-refractivity contribution < 1.29 is 4.74 Å². The number of hydrogen-bond acceptors (Lipinski definition) is 4. The van der Waals surface area contributed by atoms with Gasteiger partial charge in [-0.1, -0.05) is 27.2 Å². The minimum absolute atomic E-state index is 0.00814. The average molecular weight is 251 g/mol. The van der Waals surface area contributed by atoms with Gasteiger partial charge in [-0.15, -0.1) is 0 Å². The van der Waals surface area contributed by atoms with Crippen molar-refractivity contribution in [1.29, 1.82) is 0 Å². The van der Waals surface area contributed by atoms with Gasteiger partial charge in [0.25, 0.3) is 0 Å². The molecule has 18 heavy (non-hydrogen) atoms. The van der Waals surface area contributed by atoms with E-state index in [0.717, 1.165) is 43.9 Å². The molecule has 1 aromatic rings. The predicted molar refractivity (Wildman–Crippen MR) is 73.4 cm³/mol. The van der Waals surface area contributed by atoms with Gasteiger partial charge in [-0.25, -0.2) is 9.97 Å². The number of methoxy groups -OCH3 is 1. The van der Waals surface area contributed by atoms with E-state index in [0.29, 0.717) is 0 Å². The summed E-state index contributed by atoms with van der Waals surface area (Å²) in [7, 11) is 1.71. The van der Waals surface area contributed by atoms with Crippen LogP contribution in [0.5, 0.6) is 0 Å². The van der Waals surface area contributed by atoms with Crippen LogP contribution in [0.1, 0.15) is 56.8 Å². The van der Waals surface area contributed by atoms with Gasteiger partial charge in [0.1, 0.15) is 6.10 Å². The van der Waals surface area contributed by atoms with Crippen molar-refractivity contribution in [3.05, 3.63) is 23.3 Å². The molecule has 1 atom stereocenters. The summed E-state index contributed by atoms with van der Waals surface area (Å²) in [5.41, 5.74) is 2.35. The number of hydrogen-bond donors (Lipinski definition) is 1. The Labute approximate surface area is 110 Å². The Hall–Kier alpha value is -1.00. The lowest BCUT2D eigenvalue weighted by atomic mass is 10.1. The van der Waals surface area contributed by atoms with Crippen LogP contribution in [0.15, 0.2) is 6.20 Å². The van der Waals surface area contributed by atoms with Gasteiger partial charge in [-0.2, -0.15) is 0 Å². The Kier molecular flexibility index (Phi) is 6.83. The summed E-state index contributed by atoms with van der Waals surface area (Å²) in [6, 6.07) is 0. The minimum atomic E-state index is 0.00814. The highest BCUT2D eigenvalue weighted by Crippen LogP contribution is 2.18. The molecule has 0 aliphatic heterocycles. The third-order valence-corrected chi connectivity index (χ3v) is 2.97. The number of aryl methyl sites for hydroxylation is 1. The molecule has 102 valence electrons. The van der Waals surface area contributed by atoms with Crippen molar-refractivity contribution in [3.8, 4) is 0 Å². The first-order chi connectivity index (χ1) is 8.76. The second kappa shape index (κ2) is 8.16. The zero-order valence-electron chi connectivity index (χ0n) is 12.0. The Morgan fingerprint density at radius 1 is 1.33 bits per heavy atom. The molecule has 4 nitrogen and oxygen atoms in total. The Bertz CT molecular complexity index is 351. The second-order valence-electron chi connectivity index (χ2n) is 4.36. The Morgan fingerprint density at radius 2 is 2.11 bits per heavy atom. The highest BCUT2D eigenvalue weighted by Gasteiger charge is 2.13. The van der Waals surface area contributed by atoms with E-state index in [2.05, 4.69) is 36.1 Å². The molecule has 1 rings (SSSR count). The fourth-order valence-electron chi connectivity index (χ4n) is 1.93. The SMILES string of the molecule is CCCc1nc(C(CC)OC)ncc1CNCC. The second-order valence-corrected chi connectivity index (χ2v) is 4.36. The number of rotatable bonds is 8. The molecule has 0 aromatic carbocycles. The molecular weight excluding hydrogens is 226 g/mol. The van der Waals surface area contributed by atoms with E-state index >= 15 is 0 Å². The summed E-state index contributed by atoms with van der Waals surface area (Å²) in [4.78, 5) is 9.12. The molecule has 0 bridgehead atoms. The number of nitrogens with zero attached hydrogens (tertiary/aromatic N) is 2. The first-order valence-electron chi connectivity index (χ1n) is 6.84. The van der Waals surface area contributed by atoms with Gasteiger partial charge >= 0.3 is 0 Å². The lowest BCUT2D eigenvalue weighted by molar-refractivity contribution is 0.0923. The third-order valence-electron chi connectivity index (χ3n) is 2.97. The summed E-state index contributed by atoms with van der Waals surface area (Å²) in [6.45, 7) is 8.17. The van der Waals surface area contributed by atoms with Gasteiger partial charge in [0.05, 0.1) is 0 Å². The van der Waals surface area contributed by atoms with Gasteiger partial charge in [-0.3, -0.25) is 0 Å². The molecule has 0 spiro atoms. The maximum atomic E-state index is 5.40. The molecule has 0 aliphatic rings. The van der Waals surface area contributed by atoms with Crippen LogP contribution >= 0.6 is 0 Å². The minimum Gasteiger partial charge on any atom is -0.373 e. The molecule has 0 aliphatic carbocycles. The molecule has 0 saturated heterocycles. The van der Waals surface area contributed by atoms with Crippen LogP contribution in [0.25, 0.3) is 0 Å². The van der Waals surface area contributed by atoms with Crippen molar-refractivity contribution in [2.45, 2.75) is 52.7 Å². The highest BCUT2D eigenvalue weighted by molar-refractivity contribution is 5.18. The monoisotopic (exact) mass is 251 g/mol. The number of ether oxygens (including phenoxy) is 1. The standard InChI is InChI=1S/C14H25N3O/c1-5-8-12-11(9-15-7-3)10-16-14(17-12)13(6-2)18-4/h10,13,15H,5-9H2,1-4H3. The van der Waals surface area contributed by atoms with Gasteiger partial charge in [0, 0.05) is 31.1 Å². The van der Waals surface area contributed by atoms with Gasteiger partial charge in [-0.05, 0) is 19.4 Å². The van der Waals surface area contributed by atoms with E-state index in [1.807, 2.05) is 6.20 Å². The van der Waals surface area contributed by atoms with Crippen molar-refractivity contribution in [1.82, 2.24) is 15.3 Å². The molecule has 1 N–H and O–H groups in total. The summed E-state index contributed by atoms with van der Waals surface area (Å²) >= 11 is 0. The first kappa shape index (κ1) is 15.1. The smallest absolute Gasteiger partial charge is 0.157 e. The van der Waals surface area contributed by atoms with E-state index in [9.17, 15) is 0 Å². The maximum absolute atomic E-state index is 5.40. The zero-order chi connectivity index (χ0) is 13.4. The van der Waals surface area contributed by atoms with Crippen LogP contribution in [-0.4, -0.2) is 23.6 Å². The maximum Gasteiger partial charge on any atom is 0.157 e. The quantitative estimate of drug-likeness (QED) is 0.771. The lowest BCUT2D eigenvalue weighted by Gasteiger charge is -2.15. The average Bonchev–Trinajstić information content (AvgIpc) is 2.39. The normalized spacial score (nSPS) is 12.7. The van der Waals surface area contributed by atoms with Gasteiger partial charge < -0.3 is 10.1 Å². The Balaban J connectivity index is 2.94. The topological polar surface area (TPSA) is 47.0 Å². The fraction of sp³-hybridized carbons (Fsp3) is 0.714. The lowest BCUT2D eigenvalue weighted by Crippen LogP contribution is -2.16. The van der Waals surface area contributed by atoms with E-state index in [-0.39, 0.29) is 6.10 Å². The fourth-order valence-corrected chi connectivity index (χ4v) is 1.93. The molecule has 4 heteroatoms. The molecule has 1 heterocycles. The van der Waals surface area contributed by atoms with E-state index < -0.39 is 0 Å². The van der Waals surface area contributed by atoms with Crippen LogP contribution in [0.2, 0.25) is 0 Å². The van der Waals surface area contributed by atoms with Crippen molar-refractivity contribution in [2.75, 3.05) is 13.7 Å². The van der Waals surface area contributed by atoms with Crippen LogP contribution in [0.4, 0.5) is 0 Å². The molecule has 0 saturated carbocycles. The van der Waals surface area contributed by atoms with Crippen LogP contribution in [-0.2, 0) is 17.7 Å². The van der Waals surface area contributed by atoms with E-state index in [4.69, 9.17) is 4.74 Å². The van der Waals surface area contributed by atoms with Crippen molar-refractivity contribution in [2.24, 2.45) is 0 Å². The molecule has 1 aromatic heterocycles. The van der Waals surface area contributed by atoms with Crippen LogP contribution in [0, 0.1) is 0 Å².